The van der Waals surface area contributed by atoms with Crippen molar-refractivity contribution in [1.29, 1.82) is 0 Å². The summed E-state index contributed by atoms with van der Waals surface area (Å²) in [6.45, 7) is 2.23. The monoisotopic (exact) mass is 284 g/mol. The summed E-state index contributed by atoms with van der Waals surface area (Å²) in [5.74, 6) is 0. The molecule has 0 amide bonds. The number of rotatable bonds is 2. The second-order valence-corrected chi connectivity index (χ2v) is 5.19. The van der Waals surface area contributed by atoms with Gasteiger partial charge in [0.15, 0.2) is 11.2 Å². The van der Waals surface area contributed by atoms with Crippen LogP contribution >= 0.6 is 0 Å². The Bertz CT molecular complexity index is 946. The molecule has 108 valence electrons. The summed E-state index contributed by atoms with van der Waals surface area (Å²) in [4.78, 5) is 29.1. The lowest BCUT2D eigenvalue weighted by Gasteiger charge is -2.10. The Morgan fingerprint density at radius 3 is 2.57 bits per heavy atom. The molecule has 0 spiro atoms. The molecule has 0 bridgehead atoms. The lowest BCUT2D eigenvalue weighted by atomic mass is 10.1. The Balaban J connectivity index is 2.29. The Labute approximate surface area is 120 Å². The fourth-order valence-corrected chi connectivity index (χ4v) is 2.49. The summed E-state index contributed by atoms with van der Waals surface area (Å²) in [5, 5.41) is 0. The maximum atomic E-state index is 12.6. The second kappa shape index (κ2) is 4.73. The van der Waals surface area contributed by atoms with Crippen LogP contribution in [0.1, 0.15) is 11.1 Å². The first-order chi connectivity index (χ1) is 10.0. The fourth-order valence-electron chi connectivity index (χ4n) is 2.49. The molecule has 0 aliphatic carbocycles. The molecule has 0 aliphatic rings. The summed E-state index contributed by atoms with van der Waals surface area (Å²) in [6, 6.07) is 7.73. The van der Waals surface area contributed by atoms with Crippen LogP contribution in [0.5, 0.6) is 0 Å². The minimum absolute atomic E-state index is 0.263. The van der Waals surface area contributed by atoms with Gasteiger partial charge in [-0.2, -0.15) is 0 Å². The zero-order chi connectivity index (χ0) is 15.1. The first-order valence-electron chi connectivity index (χ1n) is 6.66. The van der Waals surface area contributed by atoms with E-state index in [0.29, 0.717) is 11.2 Å². The molecule has 0 fully saturated rings. The predicted molar refractivity (Wildman–Crippen MR) is 80.5 cm³/mol. The molecule has 0 N–H and O–H groups in total. The SMILES string of the molecule is Cc1ccccc1Cn1c(=O)c2c(ncn2C)n(C)c1=O. The number of benzene rings is 1. The van der Waals surface area contributed by atoms with E-state index in [9.17, 15) is 9.59 Å². The van der Waals surface area contributed by atoms with Gasteiger partial charge in [0.05, 0.1) is 12.9 Å². The third kappa shape index (κ3) is 1.99. The summed E-state index contributed by atoms with van der Waals surface area (Å²) >= 11 is 0. The predicted octanol–water partition coefficient (Wildman–Crippen LogP) is 0.790. The van der Waals surface area contributed by atoms with Gasteiger partial charge in [0.1, 0.15) is 0 Å². The van der Waals surface area contributed by atoms with Crippen LogP contribution in [0.15, 0.2) is 40.2 Å². The van der Waals surface area contributed by atoms with Gasteiger partial charge in [-0.1, -0.05) is 24.3 Å². The smallest absolute Gasteiger partial charge is 0.328 e. The third-order valence-corrected chi connectivity index (χ3v) is 3.79. The molecule has 1 aromatic carbocycles. The molecule has 2 heterocycles. The van der Waals surface area contributed by atoms with E-state index in [1.165, 1.54) is 9.13 Å². The van der Waals surface area contributed by atoms with Crippen molar-refractivity contribution in [2.24, 2.45) is 14.1 Å². The van der Waals surface area contributed by atoms with Crippen molar-refractivity contribution < 1.29 is 0 Å². The van der Waals surface area contributed by atoms with E-state index in [1.54, 1.807) is 25.0 Å². The van der Waals surface area contributed by atoms with Crippen LogP contribution in [0, 0.1) is 6.92 Å². The highest BCUT2D eigenvalue weighted by Gasteiger charge is 2.15. The summed E-state index contributed by atoms with van der Waals surface area (Å²) < 4.78 is 4.31. The van der Waals surface area contributed by atoms with Crippen LogP contribution in [0.3, 0.4) is 0 Å². The molecule has 0 radical (unpaired) electrons. The van der Waals surface area contributed by atoms with Gasteiger partial charge >= 0.3 is 5.69 Å². The van der Waals surface area contributed by atoms with E-state index in [0.717, 1.165) is 11.1 Å². The first-order valence-corrected chi connectivity index (χ1v) is 6.66. The molecule has 0 unspecified atom stereocenters. The van der Waals surface area contributed by atoms with Gasteiger partial charge in [-0.05, 0) is 18.1 Å². The number of aromatic nitrogens is 4. The fraction of sp³-hybridized carbons (Fsp3) is 0.267. The van der Waals surface area contributed by atoms with Gasteiger partial charge in [-0.3, -0.25) is 13.9 Å². The number of imidazole rings is 1. The number of aryl methyl sites for hydroxylation is 3. The summed E-state index contributed by atoms with van der Waals surface area (Å²) in [7, 11) is 3.38. The molecule has 6 nitrogen and oxygen atoms in total. The van der Waals surface area contributed by atoms with E-state index in [4.69, 9.17) is 0 Å². The molecule has 0 saturated carbocycles. The molecule has 21 heavy (non-hydrogen) atoms. The number of nitrogens with zero attached hydrogens (tertiary/aromatic N) is 4. The largest absolute Gasteiger partial charge is 0.332 e. The highest BCUT2D eigenvalue weighted by Crippen LogP contribution is 2.08. The van der Waals surface area contributed by atoms with Crippen LogP contribution in [0.4, 0.5) is 0 Å². The zero-order valence-corrected chi connectivity index (χ0v) is 12.2. The van der Waals surface area contributed by atoms with E-state index in [1.807, 2.05) is 31.2 Å². The standard InChI is InChI=1S/C15H16N4O2/c1-10-6-4-5-7-11(10)8-19-14(20)12-13(16-9-17(12)2)18(3)15(19)21/h4-7,9H,8H2,1-3H3. The van der Waals surface area contributed by atoms with Gasteiger partial charge in [-0.25, -0.2) is 9.78 Å². The minimum Gasteiger partial charge on any atom is -0.328 e. The molecule has 2 aromatic heterocycles. The average molecular weight is 284 g/mol. The van der Waals surface area contributed by atoms with Crippen molar-refractivity contribution in [3.05, 3.63) is 62.6 Å². The second-order valence-electron chi connectivity index (χ2n) is 5.19. The van der Waals surface area contributed by atoms with Gasteiger partial charge in [0.2, 0.25) is 0 Å². The Morgan fingerprint density at radius 1 is 1.14 bits per heavy atom. The number of hydrogen-bond acceptors (Lipinski definition) is 3. The summed E-state index contributed by atoms with van der Waals surface area (Å²) in [5.41, 5.74) is 2.19. The lowest BCUT2D eigenvalue weighted by Crippen LogP contribution is -2.39. The first kappa shape index (κ1) is 13.4. The molecule has 0 saturated heterocycles. The number of hydrogen-bond donors (Lipinski definition) is 0. The van der Waals surface area contributed by atoms with E-state index in [-0.39, 0.29) is 17.8 Å². The maximum Gasteiger partial charge on any atom is 0.332 e. The van der Waals surface area contributed by atoms with Crippen molar-refractivity contribution in [2.45, 2.75) is 13.5 Å². The van der Waals surface area contributed by atoms with Crippen LogP contribution < -0.4 is 11.2 Å². The molecule has 6 heteroatoms. The van der Waals surface area contributed by atoms with Crippen LogP contribution in [0.2, 0.25) is 0 Å². The minimum atomic E-state index is -0.352. The summed E-state index contributed by atoms with van der Waals surface area (Å²) in [6.07, 6.45) is 1.55. The Kier molecular flexibility index (Phi) is 3.01. The van der Waals surface area contributed by atoms with Crippen LogP contribution in [0.25, 0.3) is 11.2 Å². The van der Waals surface area contributed by atoms with Crippen LogP contribution in [-0.2, 0) is 20.6 Å². The normalized spacial score (nSPS) is 11.2. The van der Waals surface area contributed by atoms with Gasteiger partial charge in [-0.15, -0.1) is 0 Å². The maximum absolute atomic E-state index is 12.6. The topological polar surface area (TPSA) is 61.8 Å². The van der Waals surface area contributed by atoms with Crippen molar-refractivity contribution in [3.63, 3.8) is 0 Å². The van der Waals surface area contributed by atoms with Crippen molar-refractivity contribution in [3.8, 4) is 0 Å². The molecule has 3 aromatic rings. The van der Waals surface area contributed by atoms with E-state index in [2.05, 4.69) is 4.98 Å². The molecule has 3 rings (SSSR count). The zero-order valence-electron chi connectivity index (χ0n) is 12.2. The third-order valence-electron chi connectivity index (χ3n) is 3.79. The molecule has 0 atom stereocenters. The molecule has 0 aliphatic heterocycles. The highest BCUT2D eigenvalue weighted by molar-refractivity contribution is 5.69. The van der Waals surface area contributed by atoms with Crippen molar-refractivity contribution in [1.82, 2.24) is 18.7 Å². The highest BCUT2D eigenvalue weighted by atomic mass is 16.2. The van der Waals surface area contributed by atoms with E-state index >= 15 is 0 Å². The number of fused-ring (bicyclic) bond motifs is 1. The lowest BCUT2D eigenvalue weighted by molar-refractivity contribution is 0.653. The molecular formula is C15H16N4O2. The van der Waals surface area contributed by atoms with Crippen molar-refractivity contribution >= 4 is 11.2 Å². The van der Waals surface area contributed by atoms with Gasteiger partial charge in [0.25, 0.3) is 5.56 Å². The van der Waals surface area contributed by atoms with Gasteiger partial charge in [0, 0.05) is 14.1 Å². The van der Waals surface area contributed by atoms with Crippen molar-refractivity contribution in [2.75, 3.05) is 0 Å². The van der Waals surface area contributed by atoms with E-state index < -0.39 is 0 Å². The quantitative estimate of drug-likeness (QED) is 0.699. The molecular weight excluding hydrogens is 268 g/mol. The van der Waals surface area contributed by atoms with Crippen LogP contribution in [-0.4, -0.2) is 18.7 Å². The average Bonchev–Trinajstić information content (AvgIpc) is 2.85. The Hall–Kier alpha value is -2.63. The van der Waals surface area contributed by atoms with Gasteiger partial charge < -0.3 is 4.57 Å². The Morgan fingerprint density at radius 2 is 1.86 bits per heavy atom.